The molecule has 1 heterocycles. The number of unbranched alkanes of at least 4 members (excludes halogenated alkanes) is 2. The maximum absolute atomic E-state index is 6.41. The van der Waals surface area contributed by atoms with Gasteiger partial charge in [-0.15, -0.1) is 0 Å². The zero-order chi connectivity index (χ0) is 16.2. The summed E-state index contributed by atoms with van der Waals surface area (Å²) in [5, 5.41) is 3.73. The topological polar surface area (TPSA) is 8.81 Å². The summed E-state index contributed by atoms with van der Waals surface area (Å²) in [4.78, 5) is 0. The van der Waals surface area contributed by atoms with E-state index in [1.54, 1.807) is 0 Å². The minimum absolute atomic E-state index is 0. The summed E-state index contributed by atoms with van der Waals surface area (Å²) in [5.41, 5.74) is 1.22. The number of imidazole rings is 1. The summed E-state index contributed by atoms with van der Waals surface area (Å²) in [6.45, 7) is 3.84. The Kier molecular flexibility index (Phi) is 7.15. The first-order valence-corrected chi connectivity index (χ1v) is 8.86. The lowest BCUT2D eigenvalue weighted by Crippen LogP contribution is -3.00. The molecule has 3 aromatic rings. The van der Waals surface area contributed by atoms with Gasteiger partial charge >= 0.3 is 0 Å². The third kappa shape index (κ3) is 4.33. The lowest BCUT2D eigenvalue weighted by Gasteiger charge is -2.02. The van der Waals surface area contributed by atoms with Crippen LogP contribution in [0.25, 0.3) is 10.8 Å². The number of fused-ring (bicyclic) bond motifs is 1. The molecule has 2 nitrogen and oxygen atoms in total. The lowest BCUT2D eigenvalue weighted by atomic mass is 10.1. The van der Waals surface area contributed by atoms with Crippen LogP contribution in [0.5, 0.6) is 0 Å². The first-order valence-electron chi connectivity index (χ1n) is 8.10. The Morgan fingerprint density at radius 1 is 1.00 bits per heavy atom. The summed E-state index contributed by atoms with van der Waals surface area (Å²) in [7, 11) is 0. The molecule has 1 aromatic heterocycles. The summed E-state index contributed by atoms with van der Waals surface area (Å²) < 4.78 is 4.06. The molecule has 24 heavy (non-hydrogen) atoms. The van der Waals surface area contributed by atoms with E-state index in [0.717, 1.165) is 19.5 Å². The number of hydrogen-bond donors (Lipinski definition) is 0. The van der Waals surface area contributed by atoms with Crippen molar-refractivity contribution in [3.05, 3.63) is 64.7 Å². The molecule has 128 valence electrons. The second-order valence-electron chi connectivity index (χ2n) is 5.91. The molecular formula is C19H21BrCl2N2. The molecule has 2 aromatic carbocycles. The largest absolute Gasteiger partial charge is 1.00 e. The van der Waals surface area contributed by atoms with Crippen LogP contribution in [-0.4, -0.2) is 4.57 Å². The van der Waals surface area contributed by atoms with Crippen molar-refractivity contribution in [2.45, 2.75) is 39.3 Å². The molecule has 0 fully saturated rings. The number of nitrogens with zero attached hydrogens (tertiary/aromatic N) is 2. The van der Waals surface area contributed by atoms with Gasteiger partial charge in [0.05, 0.1) is 6.54 Å². The van der Waals surface area contributed by atoms with Crippen molar-refractivity contribution >= 4 is 34.0 Å². The Labute approximate surface area is 163 Å². The van der Waals surface area contributed by atoms with Crippen molar-refractivity contribution in [1.82, 2.24) is 4.57 Å². The van der Waals surface area contributed by atoms with Crippen LogP contribution in [0.1, 0.15) is 31.7 Å². The molecule has 0 saturated heterocycles. The second-order valence-corrected chi connectivity index (χ2v) is 6.62. The zero-order valence-corrected chi connectivity index (χ0v) is 16.8. The molecule has 0 radical (unpaired) electrons. The molecular weight excluding hydrogens is 407 g/mol. The fraction of sp³-hybridized carbons (Fsp3) is 0.316. The van der Waals surface area contributed by atoms with Gasteiger partial charge in [-0.25, -0.2) is 9.13 Å². The van der Waals surface area contributed by atoms with Crippen LogP contribution in [0.3, 0.4) is 0 Å². The van der Waals surface area contributed by atoms with Crippen LogP contribution >= 0.6 is 23.2 Å². The molecule has 0 N–H and O–H groups in total. The third-order valence-corrected chi connectivity index (χ3v) is 5.01. The highest BCUT2D eigenvalue weighted by Crippen LogP contribution is 2.21. The molecule has 3 rings (SSSR count). The van der Waals surface area contributed by atoms with Crippen molar-refractivity contribution in [3.63, 3.8) is 0 Å². The van der Waals surface area contributed by atoms with Gasteiger partial charge in [0.15, 0.2) is 0 Å². The van der Waals surface area contributed by atoms with E-state index >= 15 is 0 Å². The molecule has 0 atom stereocenters. The van der Waals surface area contributed by atoms with E-state index in [4.69, 9.17) is 23.2 Å². The number of hydrogen-bond acceptors (Lipinski definition) is 0. The van der Waals surface area contributed by atoms with Crippen molar-refractivity contribution in [2.75, 3.05) is 0 Å². The summed E-state index contributed by atoms with van der Waals surface area (Å²) in [5.74, 6) is 0. The van der Waals surface area contributed by atoms with Gasteiger partial charge in [-0.3, -0.25) is 0 Å². The number of benzene rings is 2. The van der Waals surface area contributed by atoms with E-state index in [1.807, 2.05) is 15.5 Å². The van der Waals surface area contributed by atoms with E-state index in [2.05, 4.69) is 49.4 Å². The van der Waals surface area contributed by atoms with Crippen LogP contribution < -0.4 is 21.5 Å². The zero-order valence-electron chi connectivity index (χ0n) is 13.7. The monoisotopic (exact) mass is 426 g/mol. The molecule has 0 aliphatic heterocycles. The molecule has 0 aliphatic rings. The summed E-state index contributed by atoms with van der Waals surface area (Å²) in [6, 6.07) is 14.9. The second kappa shape index (κ2) is 8.89. The first-order chi connectivity index (χ1) is 11.2. The van der Waals surface area contributed by atoms with Crippen LogP contribution in [0.2, 0.25) is 10.3 Å². The van der Waals surface area contributed by atoms with Gasteiger partial charge in [-0.05, 0) is 58.4 Å². The fourth-order valence-corrected chi connectivity index (χ4v) is 3.29. The van der Waals surface area contributed by atoms with Gasteiger partial charge < -0.3 is 17.0 Å². The van der Waals surface area contributed by atoms with Crippen LogP contribution in [0.4, 0.5) is 0 Å². The average molecular weight is 428 g/mol. The van der Waals surface area contributed by atoms with Gasteiger partial charge in [-0.1, -0.05) is 49.7 Å². The molecule has 5 heteroatoms. The maximum Gasteiger partial charge on any atom is 0.255 e. The minimum Gasteiger partial charge on any atom is -1.00 e. The average Bonchev–Trinajstić information content (AvgIpc) is 2.83. The van der Waals surface area contributed by atoms with E-state index in [9.17, 15) is 0 Å². The van der Waals surface area contributed by atoms with Gasteiger partial charge in [0.1, 0.15) is 6.54 Å². The summed E-state index contributed by atoms with van der Waals surface area (Å²) >= 11 is 12.8. The highest BCUT2D eigenvalue weighted by atomic mass is 79.9. The van der Waals surface area contributed by atoms with E-state index in [0.29, 0.717) is 10.3 Å². The Bertz CT molecular complexity index is 814. The van der Waals surface area contributed by atoms with Crippen LogP contribution in [-0.2, 0) is 13.1 Å². The number of rotatable bonds is 6. The molecule has 0 spiro atoms. The standard InChI is InChI=1S/C19H21Cl2N2.BrH/c1-2-3-6-11-22-14-23(19(21)18(22)20)13-15-9-10-16-7-4-5-8-17(16)12-15;/h4-5,7-10,12,14H,2-3,6,11,13H2,1H3;1H/q+1;/p-1. The quantitative estimate of drug-likeness (QED) is 0.422. The van der Waals surface area contributed by atoms with Crippen molar-refractivity contribution in [1.29, 1.82) is 0 Å². The van der Waals surface area contributed by atoms with Crippen molar-refractivity contribution in [3.8, 4) is 0 Å². The SMILES string of the molecule is CCCCCn1c[n+](Cc2ccc3ccccc3c2)c(Cl)c1Cl.[Br-]. The van der Waals surface area contributed by atoms with Crippen molar-refractivity contribution in [2.24, 2.45) is 0 Å². The van der Waals surface area contributed by atoms with Crippen LogP contribution in [0.15, 0.2) is 48.8 Å². The lowest BCUT2D eigenvalue weighted by molar-refractivity contribution is -0.685. The van der Waals surface area contributed by atoms with E-state index in [-0.39, 0.29) is 17.0 Å². The highest BCUT2D eigenvalue weighted by Gasteiger charge is 2.20. The van der Waals surface area contributed by atoms with E-state index in [1.165, 1.54) is 29.2 Å². The number of aryl methyl sites for hydroxylation is 1. The predicted molar refractivity (Wildman–Crippen MR) is 97.2 cm³/mol. The Hall–Kier alpha value is -1.03. The minimum atomic E-state index is 0. The molecule has 0 aliphatic carbocycles. The third-order valence-electron chi connectivity index (χ3n) is 4.12. The molecule has 0 amide bonds. The Balaban J connectivity index is 0.00000208. The molecule has 0 saturated carbocycles. The normalized spacial score (nSPS) is 10.8. The highest BCUT2D eigenvalue weighted by molar-refractivity contribution is 6.39. The Morgan fingerprint density at radius 3 is 2.50 bits per heavy atom. The number of halogens is 3. The van der Waals surface area contributed by atoms with Gasteiger partial charge in [0.25, 0.3) is 10.3 Å². The predicted octanol–water partition coefficient (Wildman–Crippen LogP) is 2.48. The van der Waals surface area contributed by atoms with Crippen LogP contribution in [0, 0.1) is 0 Å². The van der Waals surface area contributed by atoms with Gasteiger partial charge in [0, 0.05) is 0 Å². The maximum atomic E-state index is 6.41. The fourth-order valence-electron chi connectivity index (χ4n) is 2.84. The summed E-state index contributed by atoms with van der Waals surface area (Å²) in [6.07, 6.45) is 5.55. The Morgan fingerprint density at radius 2 is 1.75 bits per heavy atom. The molecule has 0 bridgehead atoms. The van der Waals surface area contributed by atoms with Crippen molar-refractivity contribution < 1.29 is 21.5 Å². The van der Waals surface area contributed by atoms with Gasteiger partial charge in [-0.2, -0.15) is 0 Å². The van der Waals surface area contributed by atoms with E-state index < -0.39 is 0 Å². The number of aromatic nitrogens is 2. The van der Waals surface area contributed by atoms with Gasteiger partial charge in [0.2, 0.25) is 6.33 Å². The smallest absolute Gasteiger partial charge is 0.255 e. The molecule has 0 unspecified atom stereocenters. The first kappa shape index (κ1) is 19.3.